The number of Topliss-reactive ketones (excluding diaryl/α,β-unsaturated/α-hetero) is 1. The van der Waals surface area contributed by atoms with E-state index in [-0.39, 0.29) is 12.3 Å². The van der Waals surface area contributed by atoms with Crippen LogP contribution in [0.15, 0.2) is 23.8 Å². The van der Waals surface area contributed by atoms with E-state index < -0.39 is 0 Å². The number of rotatable bonds is 3. The van der Waals surface area contributed by atoms with Crippen molar-refractivity contribution >= 4 is 28.7 Å². The molecule has 0 aliphatic rings. The van der Waals surface area contributed by atoms with Crippen LogP contribution in [0.4, 0.5) is 0 Å². The highest BCUT2D eigenvalue weighted by Gasteiger charge is 2.12. The third-order valence-electron chi connectivity index (χ3n) is 1.99. The maximum absolute atomic E-state index is 11.8. The van der Waals surface area contributed by atoms with Crippen LogP contribution in [-0.4, -0.2) is 15.6 Å². The van der Waals surface area contributed by atoms with E-state index in [9.17, 15) is 4.79 Å². The minimum absolute atomic E-state index is 0.00986. The van der Waals surface area contributed by atoms with E-state index in [4.69, 9.17) is 11.6 Å². The molecule has 0 spiro atoms. The van der Waals surface area contributed by atoms with Crippen LogP contribution in [0.3, 0.4) is 0 Å². The quantitative estimate of drug-likeness (QED) is 0.774. The van der Waals surface area contributed by atoms with Crippen LogP contribution < -0.4 is 0 Å². The van der Waals surface area contributed by atoms with Crippen molar-refractivity contribution < 1.29 is 4.79 Å². The Morgan fingerprint density at radius 2 is 2.47 bits per heavy atom. The van der Waals surface area contributed by atoms with Gasteiger partial charge in [-0.2, -0.15) is 5.10 Å². The number of aryl methyl sites for hydroxylation is 1. The third-order valence-corrected chi connectivity index (χ3v) is 3.16. The molecule has 0 aliphatic carbocycles. The summed E-state index contributed by atoms with van der Waals surface area (Å²) in [5.41, 5.74) is 1.62. The highest BCUT2D eigenvalue weighted by atomic mass is 35.5. The van der Waals surface area contributed by atoms with Crippen LogP contribution >= 0.6 is 22.9 Å². The first-order chi connectivity index (χ1) is 7.16. The van der Waals surface area contributed by atoms with Crippen LogP contribution in [0, 0.1) is 6.92 Å². The van der Waals surface area contributed by atoms with Gasteiger partial charge in [0.2, 0.25) is 0 Å². The molecule has 0 bridgehead atoms. The van der Waals surface area contributed by atoms with E-state index >= 15 is 0 Å². The van der Waals surface area contributed by atoms with E-state index in [1.165, 1.54) is 11.3 Å². The van der Waals surface area contributed by atoms with Gasteiger partial charge in [-0.15, -0.1) is 11.3 Å². The van der Waals surface area contributed by atoms with Crippen LogP contribution in [0.25, 0.3) is 0 Å². The number of nitrogens with zero attached hydrogens (tertiary/aromatic N) is 2. The van der Waals surface area contributed by atoms with Crippen molar-refractivity contribution in [1.82, 2.24) is 9.78 Å². The van der Waals surface area contributed by atoms with Gasteiger partial charge in [0.15, 0.2) is 5.78 Å². The topological polar surface area (TPSA) is 34.9 Å². The first kappa shape index (κ1) is 10.4. The molecule has 0 N–H and O–H groups in total. The number of aromatic nitrogens is 2. The van der Waals surface area contributed by atoms with Crippen molar-refractivity contribution in [2.24, 2.45) is 0 Å². The summed E-state index contributed by atoms with van der Waals surface area (Å²) in [5.74, 6) is -0.00986. The van der Waals surface area contributed by atoms with E-state index in [2.05, 4.69) is 5.10 Å². The Hall–Kier alpha value is -1.13. The fourth-order valence-corrected chi connectivity index (χ4v) is 2.23. The van der Waals surface area contributed by atoms with Crippen LogP contribution in [0.1, 0.15) is 15.9 Å². The van der Waals surface area contributed by atoms with Crippen molar-refractivity contribution in [3.63, 3.8) is 0 Å². The largest absolute Gasteiger partial charge is 0.292 e. The Bertz CT molecular complexity index is 489. The highest BCUT2D eigenvalue weighted by Crippen LogP contribution is 2.23. The molecule has 3 nitrogen and oxygen atoms in total. The fourth-order valence-electron chi connectivity index (χ4n) is 1.28. The Kier molecular flexibility index (Phi) is 2.88. The van der Waals surface area contributed by atoms with Gasteiger partial charge in [0.05, 0.1) is 6.20 Å². The lowest BCUT2D eigenvalue weighted by atomic mass is 10.2. The van der Waals surface area contributed by atoms with Gasteiger partial charge in [-0.05, 0) is 23.9 Å². The number of halogens is 1. The van der Waals surface area contributed by atoms with Crippen molar-refractivity contribution in [2.75, 3.05) is 0 Å². The summed E-state index contributed by atoms with van der Waals surface area (Å²) in [5, 5.41) is 5.86. The summed E-state index contributed by atoms with van der Waals surface area (Å²) in [4.78, 5) is 11.8. The van der Waals surface area contributed by atoms with Gasteiger partial charge in [-0.25, -0.2) is 0 Å². The summed E-state index contributed by atoms with van der Waals surface area (Å²) in [6, 6.07) is 1.74. The predicted molar refractivity (Wildman–Crippen MR) is 60.6 cm³/mol. The Labute approximate surface area is 96.3 Å². The average molecular weight is 241 g/mol. The molecule has 2 aromatic heterocycles. The second-order valence-electron chi connectivity index (χ2n) is 3.25. The summed E-state index contributed by atoms with van der Waals surface area (Å²) in [6.07, 6.45) is 3.56. The molecule has 0 aromatic carbocycles. The van der Waals surface area contributed by atoms with Gasteiger partial charge in [-0.1, -0.05) is 11.6 Å². The molecule has 0 aliphatic heterocycles. The predicted octanol–water partition coefficient (Wildman–Crippen LogP) is 2.79. The average Bonchev–Trinajstić information content (AvgIpc) is 2.75. The Morgan fingerprint density at radius 3 is 3.00 bits per heavy atom. The van der Waals surface area contributed by atoms with E-state index in [1.54, 1.807) is 16.9 Å². The lowest BCUT2D eigenvalue weighted by molar-refractivity contribution is 0.0968. The Balaban J connectivity index is 2.14. The van der Waals surface area contributed by atoms with Crippen molar-refractivity contribution in [3.05, 3.63) is 39.3 Å². The second kappa shape index (κ2) is 4.16. The van der Waals surface area contributed by atoms with E-state index in [0.29, 0.717) is 9.90 Å². The van der Waals surface area contributed by atoms with Crippen LogP contribution in [0.5, 0.6) is 0 Å². The summed E-state index contributed by atoms with van der Waals surface area (Å²) < 4.78 is 2.16. The van der Waals surface area contributed by atoms with E-state index in [1.807, 2.05) is 18.5 Å². The van der Waals surface area contributed by atoms with Crippen molar-refractivity contribution in [3.8, 4) is 0 Å². The molecule has 0 saturated heterocycles. The zero-order valence-electron chi connectivity index (χ0n) is 8.11. The van der Waals surface area contributed by atoms with Crippen molar-refractivity contribution in [1.29, 1.82) is 0 Å². The molecule has 15 heavy (non-hydrogen) atoms. The monoisotopic (exact) mass is 240 g/mol. The van der Waals surface area contributed by atoms with Crippen LogP contribution in [-0.2, 0) is 6.54 Å². The molecule has 0 unspecified atom stereocenters. The molecule has 0 saturated carbocycles. The third kappa shape index (κ3) is 2.27. The van der Waals surface area contributed by atoms with Gasteiger partial charge in [0.25, 0.3) is 0 Å². The molecular formula is C10H9ClN2OS. The first-order valence-corrected chi connectivity index (χ1v) is 5.68. The molecule has 0 radical (unpaired) electrons. The zero-order valence-corrected chi connectivity index (χ0v) is 9.68. The maximum atomic E-state index is 11.8. The first-order valence-electron chi connectivity index (χ1n) is 4.42. The molecule has 2 heterocycles. The molecule has 78 valence electrons. The van der Waals surface area contributed by atoms with Gasteiger partial charge in [-0.3, -0.25) is 9.48 Å². The highest BCUT2D eigenvalue weighted by molar-refractivity contribution is 7.14. The van der Waals surface area contributed by atoms with Gasteiger partial charge >= 0.3 is 0 Å². The number of ketones is 1. The minimum Gasteiger partial charge on any atom is -0.292 e. The summed E-state index contributed by atoms with van der Waals surface area (Å²) >= 11 is 7.24. The molecule has 0 amide bonds. The number of hydrogen-bond donors (Lipinski definition) is 0. The van der Waals surface area contributed by atoms with Gasteiger partial charge in [0.1, 0.15) is 10.9 Å². The molecule has 5 heteroatoms. The normalized spacial score (nSPS) is 10.5. The zero-order chi connectivity index (χ0) is 10.8. The van der Waals surface area contributed by atoms with E-state index in [0.717, 1.165) is 5.56 Å². The van der Waals surface area contributed by atoms with Crippen LogP contribution in [0.2, 0.25) is 4.34 Å². The number of carbonyl (C=O) groups excluding carboxylic acids is 1. The summed E-state index contributed by atoms with van der Waals surface area (Å²) in [7, 11) is 0. The number of thiophene rings is 1. The molecule has 2 rings (SSSR count). The summed E-state index contributed by atoms with van der Waals surface area (Å²) in [6.45, 7) is 2.18. The minimum atomic E-state index is -0.00986. The maximum Gasteiger partial charge on any atom is 0.186 e. The molecule has 2 aromatic rings. The SMILES string of the molecule is Cc1cnn(CC(=O)c2ccsc2Cl)c1. The lowest BCUT2D eigenvalue weighted by Gasteiger charge is -1.99. The van der Waals surface area contributed by atoms with Gasteiger partial charge < -0.3 is 0 Å². The van der Waals surface area contributed by atoms with Crippen molar-refractivity contribution in [2.45, 2.75) is 13.5 Å². The molecular weight excluding hydrogens is 232 g/mol. The standard InChI is InChI=1S/C10H9ClN2OS/c1-7-4-12-13(5-7)6-9(14)8-2-3-15-10(8)11/h2-5H,6H2,1H3. The molecule has 0 atom stereocenters. The fraction of sp³-hybridized carbons (Fsp3) is 0.200. The van der Waals surface area contributed by atoms with Gasteiger partial charge in [0, 0.05) is 11.8 Å². The molecule has 0 fully saturated rings. The number of hydrogen-bond acceptors (Lipinski definition) is 3. The lowest BCUT2D eigenvalue weighted by Crippen LogP contribution is -2.10. The second-order valence-corrected chi connectivity index (χ2v) is 4.76. The smallest absolute Gasteiger partial charge is 0.186 e. The Morgan fingerprint density at radius 1 is 1.67 bits per heavy atom. The number of carbonyl (C=O) groups is 1.